The van der Waals surface area contributed by atoms with Gasteiger partial charge in [-0.25, -0.2) is 18.5 Å². The minimum absolute atomic E-state index is 0.0704. The second-order valence-corrected chi connectivity index (χ2v) is 12.8. The molecule has 0 aliphatic heterocycles. The van der Waals surface area contributed by atoms with E-state index in [-0.39, 0.29) is 36.9 Å². The first kappa shape index (κ1) is 36.5. The largest absolute Gasteiger partial charge is 0.453 e. The first-order chi connectivity index (χ1) is 22.0. The molecule has 0 fully saturated rings. The molecular formula is C34H44FN5O7. The molecule has 0 saturated heterocycles. The number of ether oxygens (including phenoxy) is 2. The van der Waals surface area contributed by atoms with E-state index in [9.17, 15) is 28.4 Å². The van der Waals surface area contributed by atoms with Crippen LogP contribution in [0.15, 0.2) is 53.5 Å². The Morgan fingerprint density at radius 1 is 1.11 bits per heavy atom. The van der Waals surface area contributed by atoms with Gasteiger partial charge in [0.15, 0.2) is 0 Å². The number of benzene rings is 1. The second kappa shape index (κ2) is 15.6. The maximum Gasteiger partial charge on any atom is 0.419 e. The van der Waals surface area contributed by atoms with Crippen molar-refractivity contribution in [3.05, 3.63) is 76.1 Å². The molecule has 0 aliphatic rings. The summed E-state index contributed by atoms with van der Waals surface area (Å²) in [5.74, 6) is -1.18. The van der Waals surface area contributed by atoms with Crippen LogP contribution < -0.4 is 16.2 Å². The normalized spacial score (nSPS) is 12.3. The van der Waals surface area contributed by atoms with Crippen LogP contribution in [0.5, 0.6) is 0 Å². The average Bonchev–Trinajstić information content (AvgIpc) is 3.33. The minimum Gasteiger partial charge on any atom is -0.453 e. The van der Waals surface area contributed by atoms with E-state index in [4.69, 9.17) is 4.74 Å². The number of nitrogens with zero attached hydrogens (tertiary/aromatic N) is 3. The van der Waals surface area contributed by atoms with E-state index in [1.54, 1.807) is 53.1 Å². The quantitative estimate of drug-likeness (QED) is 0.276. The number of hydrogen-bond acceptors (Lipinski definition) is 7. The van der Waals surface area contributed by atoms with Gasteiger partial charge in [-0.05, 0) is 87.9 Å². The average molecular weight is 654 g/mol. The van der Waals surface area contributed by atoms with Crippen LogP contribution in [-0.4, -0.2) is 70.9 Å². The number of anilines is 1. The Morgan fingerprint density at radius 3 is 2.43 bits per heavy atom. The molecule has 3 amide bonds. The van der Waals surface area contributed by atoms with Crippen LogP contribution in [0.4, 0.5) is 19.7 Å². The van der Waals surface area contributed by atoms with Gasteiger partial charge in [-0.3, -0.25) is 14.4 Å². The zero-order valence-electron chi connectivity index (χ0n) is 28.2. The number of fused-ring (bicyclic) bond motifs is 1. The van der Waals surface area contributed by atoms with Gasteiger partial charge >= 0.3 is 12.2 Å². The lowest BCUT2D eigenvalue weighted by atomic mass is 10.0. The van der Waals surface area contributed by atoms with Crippen LogP contribution >= 0.6 is 0 Å². The van der Waals surface area contributed by atoms with Gasteiger partial charge in [-0.1, -0.05) is 19.9 Å². The van der Waals surface area contributed by atoms with Gasteiger partial charge < -0.3 is 29.6 Å². The topological polar surface area (TPSA) is 141 Å². The number of carbonyl (C=O) groups excluding carboxylic acids is 4. The van der Waals surface area contributed by atoms with E-state index in [0.29, 0.717) is 28.6 Å². The lowest BCUT2D eigenvalue weighted by Gasteiger charge is -2.22. The monoisotopic (exact) mass is 653 g/mol. The van der Waals surface area contributed by atoms with Crippen molar-refractivity contribution in [2.24, 2.45) is 5.92 Å². The Hall–Kier alpha value is -4.94. The highest BCUT2D eigenvalue weighted by Crippen LogP contribution is 2.29. The molecule has 0 bridgehead atoms. The standard InChI is InChI=1S/C34H44FN5O7/c1-21(2)16-22-17-24(35)18-23-19-25(40(29(22)23)33(45)47-34(3,4)5)20-39-15-11-13-27(31(39)43)36-30(42)26(37-32(44)46-8)12-9-10-14-28(41)38(6)7/h10-11,13-15,17-19,21,26H,9,12,16,20H2,1-8H3,(H,36,42)(H,37,44)/b14-10+/t26-/m0/s1. The van der Waals surface area contributed by atoms with E-state index < -0.39 is 41.1 Å². The molecular weight excluding hydrogens is 609 g/mol. The maximum absolute atomic E-state index is 14.7. The van der Waals surface area contributed by atoms with Gasteiger partial charge in [0, 0.05) is 25.7 Å². The van der Waals surface area contributed by atoms with Gasteiger partial charge in [0.1, 0.15) is 23.1 Å². The summed E-state index contributed by atoms with van der Waals surface area (Å²) in [7, 11) is 4.37. The fraction of sp³-hybridized carbons (Fsp3) is 0.441. The van der Waals surface area contributed by atoms with Crippen molar-refractivity contribution in [1.82, 2.24) is 19.4 Å². The van der Waals surface area contributed by atoms with Crippen molar-refractivity contribution in [1.29, 1.82) is 0 Å². The summed E-state index contributed by atoms with van der Waals surface area (Å²) in [5, 5.41) is 5.51. The van der Waals surface area contributed by atoms with Crippen LogP contribution in [0.25, 0.3) is 10.9 Å². The lowest BCUT2D eigenvalue weighted by Crippen LogP contribution is -2.44. The molecule has 2 heterocycles. The fourth-order valence-corrected chi connectivity index (χ4v) is 4.89. The van der Waals surface area contributed by atoms with Crippen molar-refractivity contribution in [3.8, 4) is 0 Å². The number of rotatable bonds is 11. The number of carbonyl (C=O) groups is 4. The van der Waals surface area contributed by atoms with Crippen LogP contribution in [0.1, 0.15) is 58.7 Å². The first-order valence-electron chi connectivity index (χ1n) is 15.3. The third-order valence-corrected chi connectivity index (χ3v) is 6.95. The Kier molecular flexibility index (Phi) is 12.1. The smallest absolute Gasteiger partial charge is 0.419 e. The van der Waals surface area contributed by atoms with Crippen molar-refractivity contribution in [2.45, 2.75) is 72.1 Å². The second-order valence-electron chi connectivity index (χ2n) is 12.8. The van der Waals surface area contributed by atoms with Crippen molar-refractivity contribution >= 4 is 40.6 Å². The maximum atomic E-state index is 14.7. The van der Waals surface area contributed by atoms with Crippen molar-refractivity contribution in [2.75, 3.05) is 26.5 Å². The van der Waals surface area contributed by atoms with Crippen LogP contribution in [0.3, 0.4) is 0 Å². The predicted molar refractivity (Wildman–Crippen MR) is 177 cm³/mol. The number of nitrogens with one attached hydrogen (secondary N) is 2. The summed E-state index contributed by atoms with van der Waals surface area (Å²) in [4.78, 5) is 65.6. The number of hydrogen-bond donors (Lipinski definition) is 2. The van der Waals surface area contributed by atoms with E-state index in [1.807, 2.05) is 13.8 Å². The molecule has 3 rings (SSSR count). The van der Waals surface area contributed by atoms with Crippen molar-refractivity contribution in [3.63, 3.8) is 0 Å². The van der Waals surface area contributed by atoms with E-state index in [1.165, 1.54) is 44.5 Å². The highest BCUT2D eigenvalue weighted by atomic mass is 19.1. The molecule has 0 spiro atoms. The molecule has 47 heavy (non-hydrogen) atoms. The molecule has 12 nitrogen and oxygen atoms in total. The summed E-state index contributed by atoms with van der Waals surface area (Å²) < 4.78 is 27.7. The summed E-state index contributed by atoms with van der Waals surface area (Å²) in [5.41, 5.74) is 0.0318. The SMILES string of the molecule is COC(=O)N[C@@H](CC/C=C/C(=O)N(C)C)C(=O)Nc1cccn(Cc2cc3cc(F)cc(CC(C)C)c3n2C(=O)OC(C)(C)C)c1=O. The number of aromatic nitrogens is 2. The Bertz CT molecular complexity index is 1720. The number of alkyl carbamates (subject to hydrolysis) is 1. The molecule has 13 heteroatoms. The molecule has 0 aliphatic carbocycles. The number of methoxy groups -OCH3 is 1. The zero-order valence-corrected chi connectivity index (χ0v) is 28.2. The summed E-state index contributed by atoms with van der Waals surface area (Å²) in [6, 6.07) is 6.28. The molecule has 2 aromatic heterocycles. The van der Waals surface area contributed by atoms with Crippen LogP contribution in [0.2, 0.25) is 0 Å². The number of amides is 3. The minimum atomic E-state index is -1.08. The van der Waals surface area contributed by atoms with Crippen molar-refractivity contribution < 1.29 is 33.0 Å². The van der Waals surface area contributed by atoms with Crippen LogP contribution in [0, 0.1) is 11.7 Å². The molecule has 0 saturated carbocycles. The zero-order chi connectivity index (χ0) is 35.1. The van der Waals surface area contributed by atoms with Gasteiger partial charge in [0.05, 0.1) is 24.9 Å². The molecule has 0 radical (unpaired) electrons. The first-order valence-corrected chi connectivity index (χ1v) is 15.3. The molecule has 3 aromatic rings. The lowest BCUT2D eigenvalue weighted by molar-refractivity contribution is -0.123. The molecule has 1 aromatic carbocycles. The number of halogens is 1. The summed E-state index contributed by atoms with van der Waals surface area (Å²) in [6.45, 7) is 9.10. The van der Waals surface area contributed by atoms with E-state index in [0.717, 1.165) is 7.11 Å². The Balaban J connectivity index is 1.97. The molecule has 2 N–H and O–H groups in total. The Morgan fingerprint density at radius 2 is 1.81 bits per heavy atom. The third-order valence-electron chi connectivity index (χ3n) is 6.95. The molecule has 0 unspecified atom stereocenters. The highest BCUT2D eigenvalue weighted by Gasteiger charge is 2.26. The fourth-order valence-electron chi connectivity index (χ4n) is 4.89. The van der Waals surface area contributed by atoms with Gasteiger partial charge in [0.2, 0.25) is 11.8 Å². The predicted octanol–water partition coefficient (Wildman–Crippen LogP) is 5.06. The molecule has 1 atom stereocenters. The summed E-state index contributed by atoms with van der Waals surface area (Å²) >= 11 is 0. The van der Waals surface area contributed by atoms with Gasteiger partial charge in [-0.2, -0.15) is 0 Å². The number of allylic oxidation sites excluding steroid dienone is 1. The number of likely N-dealkylation sites (N-methyl/N-ethyl adjacent to an activating group) is 1. The Labute approximate surface area is 273 Å². The van der Waals surface area contributed by atoms with E-state index >= 15 is 0 Å². The van der Waals surface area contributed by atoms with Crippen LogP contribution in [-0.2, 0) is 32.0 Å². The van der Waals surface area contributed by atoms with E-state index in [2.05, 4.69) is 15.4 Å². The summed E-state index contributed by atoms with van der Waals surface area (Å²) in [6.07, 6.45) is 3.83. The third kappa shape index (κ3) is 10.0. The highest BCUT2D eigenvalue weighted by molar-refractivity contribution is 5.96. The van der Waals surface area contributed by atoms with Gasteiger partial charge in [0.25, 0.3) is 5.56 Å². The van der Waals surface area contributed by atoms with Gasteiger partial charge in [-0.15, -0.1) is 0 Å². The number of pyridine rings is 1. The molecule has 254 valence electrons.